The lowest BCUT2D eigenvalue weighted by Gasteiger charge is -2.16. The summed E-state index contributed by atoms with van der Waals surface area (Å²) in [5.41, 5.74) is 11.2. The van der Waals surface area contributed by atoms with Crippen molar-refractivity contribution in [3.63, 3.8) is 0 Å². The van der Waals surface area contributed by atoms with Crippen molar-refractivity contribution in [1.29, 1.82) is 0 Å². The van der Waals surface area contributed by atoms with Crippen LogP contribution >= 0.6 is 0 Å². The van der Waals surface area contributed by atoms with E-state index in [1.165, 1.54) is 0 Å². The van der Waals surface area contributed by atoms with Crippen LogP contribution in [0.15, 0.2) is 66.7 Å². The Balaban J connectivity index is 1.89. The number of benzene rings is 3. The minimum absolute atomic E-state index is 0.190. The van der Waals surface area contributed by atoms with E-state index in [2.05, 4.69) is 10.6 Å². The molecule has 1 heterocycles. The SMILES string of the molecule is COc1cc2c(cc1OC)C(=C(Nc1ccc(CN)cc1)c1ccccc1)C(=O)N2. The van der Waals surface area contributed by atoms with Crippen LogP contribution in [0.25, 0.3) is 11.3 Å². The second-order valence-electron chi connectivity index (χ2n) is 6.85. The molecule has 30 heavy (non-hydrogen) atoms. The van der Waals surface area contributed by atoms with Crippen LogP contribution in [0.2, 0.25) is 0 Å². The van der Waals surface area contributed by atoms with Gasteiger partial charge in [0, 0.05) is 23.9 Å². The van der Waals surface area contributed by atoms with Crippen molar-refractivity contribution >= 4 is 28.6 Å². The summed E-state index contributed by atoms with van der Waals surface area (Å²) < 4.78 is 10.8. The maximum absolute atomic E-state index is 13.0. The molecule has 0 aromatic heterocycles. The zero-order valence-electron chi connectivity index (χ0n) is 16.9. The van der Waals surface area contributed by atoms with Crippen LogP contribution in [0.3, 0.4) is 0 Å². The van der Waals surface area contributed by atoms with Gasteiger partial charge in [-0.2, -0.15) is 0 Å². The molecular formula is C24H23N3O3. The van der Waals surface area contributed by atoms with Gasteiger partial charge in [0.25, 0.3) is 5.91 Å². The van der Waals surface area contributed by atoms with Crippen molar-refractivity contribution in [2.45, 2.75) is 6.54 Å². The Kier molecular flexibility index (Phi) is 5.41. The summed E-state index contributed by atoms with van der Waals surface area (Å²) in [6.45, 7) is 0.477. The highest BCUT2D eigenvalue weighted by Crippen LogP contribution is 2.43. The molecule has 1 aliphatic rings. The molecule has 0 saturated heterocycles. The Bertz CT molecular complexity index is 1110. The Labute approximate surface area is 175 Å². The Morgan fingerprint density at radius 2 is 1.63 bits per heavy atom. The standard InChI is InChI=1S/C24H23N3O3/c1-29-20-12-18-19(13-21(20)30-2)27-24(28)22(18)23(16-6-4-3-5-7-16)26-17-10-8-15(14-25)9-11-17/h3-13,26H,14,25H2,1-2H3,(H,27,28). The van der Waals surface area contributed by atoms with E-state index in [1.807, 2.05) is 60.7 Å². The van der Waals surface area contributed by atoms with E-state index in [0.29, 0.717) is 35.0 Å². The highest BCUT2D eigenvalue weighted by Gasteiger charge is 2.30. The second kappa shape index (κ2) is 8.31. The summed E-state index contributed by atoms with van der Waals surface area (Å²) in [6, 6.07) is 21.2. The summed E-state index contributed by atoms with van der Waals surface area (Å²) in [4.78, 5) is 13.0. The summed E-state index contributed by atoms with van der Waals surface area (Å²) in [6.07, 6.45) is 0. The maximum Gasteiger partial charge on any atom is 0.258 e. The number of carbonyl (C=O) groups is 1. The molecule has 3 aromatic carbocycles. The summed E-state index contributed by atoms with van der Waals surface area (Å²) >= 11 is 0. The van der Waals surface area contributed by atoms with Crippen LogP contribution < -0.4 is 25.8 Å². The molecule has 0 spiro atoms. The number of methoxy groups -OCH3 is 2. The van der Waals surface area contributed by atoms with Crippen LogP contribution in [0.1, 0.15) is 16.7 Å². The number of carbonyl (C=O) groups excluding carboxylic acids is 1. The number of ether oxygens (including phenoxy) is 2. The van der Waals surface area contributed by atoms with Crippen LogP contribution in [-0.4, -0.2) is 20.1 Å². The topological polar surface area (TPSA) is 85.6 Å². The van der Waals surface area contributed by atoms with Gasteiger partial charge in [-0.15, -0.1) is 0 Å². The average molecular weight is 401 g/mol. The van der Waals surface area contributed by atoms with E-state index in [1.54, 1.807) is 20.3 Å². The van der Waals surface area contributed by atoms with Crippen LogP contribution in [-0.2, 0) is 11.3 Å². The van der Waals surface area contributed by atoms with Gasteiger partial charge in [-0.3, -0.25) is 4.79 Å². The number of fused-ring (bicyclic) bond motifs is 1. The fraction of sp³-hybridized carbons (Fsp3) is 0.125. The molecule has 0 bridgehead atoms. The number of nitrogens with one attached hydrogen (secondary N) is 2. The van der Waals surface area contributed by atoms with E-state index in [-0.39, 0.29) is 5.91 Å². The van der Waals surface area contributed by atoms with E-state index in [0.717, 1.165) is 22.4 Å². The van der Waals surface area contributed by atoms with E-state index in [4.69, 9.17) is 15.2 Å². The average Bonchev–Trinajstić information content (AvgIpc) is 3.11. The number of nitrogens with two attached hydrogens (primary N) is 1. The smallest absolute Gasteiger partial charge is 0.258 e. The van der Waals surface area contributed by atoms with Gasteiger partial charge in [0.2, 0.25) is 0 Å². The number of hydrogen-bond donors (Lipinski definition) is 3. The highest BCUT2D eigenvalue weighted by atomic mass is 16.5. The number of rotatable bonds is 6. The van der Waals surface area contributed by atoms with Crippen molar-refractivity contribution in [3.8, 4) is 11.5 Å². The molecule has 0 atom stereocenters. The number of hydrogen-bond acceptors (Lipinski definition) is 5. The predicted octanol–water partition coefficient (Wildman–Crippen LogP) is 4.10. The molecule has 0 fully saturated rings. The van der Waals surface area contributed by atoms with Crippen LogP contribution in [0.4, 0.5) is 11.4 Å². The Morgan fingerprint density at radius 1 is 0.967 bits per heavy atom. The molecule has 0 unspecified atom stereocenters. The summed E-state index contributed by atoms with van der Waals surface area (Å²) in [7, 11) is 3.15. The molecule has 4 N–H and O–H groups in total. The Hall–Kier alpha value is -3.77. The molecule has 0 saturated carbocycles. The zero-order chi connectivity index (χ0) is 21.1. The molecule has 4 rings (SSSR count). The maximum atomic E-state index is 13.0. The zero-order valence-corrected chi connectivity index (χ0v) is 16.9. The first-order valence-corrected chi connectivity index (χ1v) is 9.58. The van der Waals surface area contributed by atoms with Crippen molar-refractivity contribution in [2.75, 3.05) is 24.9 Å². The van der Waals surface area contributed by atoms with Crippen molar-refractivity contribution in [3.05, 3.63) is 83.4 Å². The second-order valence-corrected chi connectivity index (χ2v) is 6.85. The van der Waals surface area contributed by atoms with Gasteiger partial charge in [0.05, 0.1) is 31.2 Å². The summed E-state index contributed by atoms with van der Waals surface area (Å²) in [5, 5.41) is 6.37. The fourth-order valence-electron chi connectivity index (χ4n) is 3.50. The van der Waals surface area contributed by atoms with E-state index in [9.17, 15) is 4.79 Å². The van der Waals surface area contributed by atoms with Crippen LogP contribution in [0, 0.1) is 0 Å². The van der Waals surface area contributed by atoms with Crippen molar-refractivity contribution in [1.82, 2.24) is 0 Å². The normalized spacial score (nSPS) is 14.0. The first-order valence-electron chi connectivity index (χ1n) is 9.58. The molecule has 0 aliphatic carbocycles. The lowest BCUT2D eigenvalue weighted by atomic mass is 9.99. The first-order chi connectivity index (χ1) is 14.6. The van der Waals surface area contributed by atoms with Crippen molar-refractivity contribution in [2.24, 2.45) is 5.73 Å². The van der Waals surface area contributed by atoms with E-state index >= 15 is 0 Å². The molecule has 6 heteroatoms. The first kappa shape index (κ1) is 19.5. The molecule has 152 valence electrons. The molecule has 1 amide bonds. The lowest BCUT2D eigenvalue weighted by Crippen LogP contribution is -2.10. The number of amides is 1. The van der Waals surface area contributed by atoms with Gasteiger partial charge < -0.3 is 25.8 Å². The lowest BCUT2D eigenvalue weighted by molar-refractivity contribution is -0.110. The van der Waals surface area contributed by atoms with Gasteiger partial charge in [0.1, 0.15) is 0 Å². The monoisotopic (exact) mass is 401 g/mol. The van der Waals surface area contributed by atoms with Gasteiger partial charge in [-0.1, -0.05) is 42.5 Å². The quantitative estimate of drug-likeness (QED) is 0.542. The number of anilines is 2. The molecule has 1 aliphatic heterocycles. The van der Waals surface area contributed by atoms with Gasteiger partial charge >= 0.3 is 0 Å². The third-order valence-electron chi connectivity index (χ3n) is 5.04. The minimum atomic E-state index is -0.190. The molecular weight excluding hydrogens is 378 g/mol. The Morgan fingerprint density at radius 3 is 2.27 bits per heavy atom. The minimum Gasteiger partial charge on any atom is -0.493 e. The van der Waals surface area contributed by atoms with Crippen LogP contribution in [0.5, 0.6) is 11.5 Å². The fourth-order valence-corrected chi connectivity index (χ4v) is 3.50. The van der Waals surface area contributed by atoms with Gasteiger partial charge in [0.15, 0.2) is 11.5 Å². The molecule has 3 aromatic rings. The van der Waals surface area contributed by atoms with Gasteiger partial charge in [-0.25, -0.2) is 0 Å². The summed E-state index contributed by atoms with van der Waals surface area (Å²) in [5.74, 6) is 0.930. The van der Waals surface area contributed by atoms with Crippen molar-refractivity contribution < 1.29 is 14.3 Å². The van der Waals surface area contributed by atoms with E-state index < -0.39 is 0 Å². The largest absolute Gasteiger partial charge is 0.493 e. The highest BCUT2D eigenvalue weighted by molar-refractivity contribution is 6.37. The molecule has 6 nitrogen and oxygen atoms in total. The predicted molar refractivity (Wildman–Crippen MR) is 119 cm³/mol. The van der Waals surface area contributed by atoms with Gasteiger partial charge in [-0.05, 0) is 29.3 Å². The third-order valence-corrected chi connectivity index (χ3v) is 5.04. The molecule has 0 radical (unpaired) electrons. The third kappa shape index (κ3) is 3.60.